The standard InChI is InChI=1S/C21H23NO2.C2H2O4/c1-5-12-22(3)15-17(2)19-9-6-8-18(13-19)16-24-21-11-7-10-20(14-21)23-4;3-1(4)2(5)6/h1,6-11,13-14H,2,12,15-16H2,3-4H3;(H,3,4)(H,5,6). The van der Waals surface area contributed by atoms with Gasteiger partial charge in [-0.2, -0.15) is 0 Å². The molecule has 2 aromatic carbocycles. The molecule has 0 radical (unpaired) electrons. The Balaban J connectivity index is 0.000000656. The number of terminal acetylenes is 1. The molecular weight excluding hydrogens is 386 g/mol. The zero-order chi connectivity index (χ0) is 22.5. The Hall–Kier alpha value is -3.76. The Kier molecular flexibility index (Phi) is 10.2. The van der Waals surface area contributed by atoms with E-state index >= 15 is 0 Å². The molecule has 7 nitrogen and oxygen atoms in total. The lowest BCUT2D eigenvalue weighted by atomic mass is 10.0. The molecule has 30 heavy (non-hydrogen) atoms. The Bertz CT molecular complexity index is 904. The van der Waals surface area contributed by atoms with Gasteiger partial charge in [-0.1, -0.05) is 30.8 Å². The van der Waals surface area contributed by atoms with Crippen molar-refractivity contribution in [1.82, 2.24) is 0 Å². The average molecular weight is 411 g/mol. The molecule has 0 aliphatic rings. The van der Waals surface area contributed by atoms with E-state index in [-0.39, 0.29) is 0 Å². The molecule has 0 aromatic heterocycles. The molecule has 0 aliphatic carbocycles. The van der Waals surface area contributed by atoms with Gasteiger partial charge in [0.2, 0.25) is 0 Å². The van der Waals surface area contributed by atoms with Crippen molar-refractivity contribution in [2.45, 2.75) is 6.61 Å². The van der Waals surface area contributed by atoms with Gasteiger partial charge in [0.25, 0.3) is 0 Å². The Labute approximate surface area is 176 Å². The fourth-order valence-corrected chi connectivity index (χ4v) is 2.44. The zero-order valence-corrected chi connectivity index (χ0v) is 17.0. The van der Waals surface area contributed by atoms with Gasteiger partial charge in [-0.15, -0.1) is 6.42 Å². The number of hydrogen-bond donors (Lipinski definition) is 2. The molecule has 0 saturated heterocycles. The molecule has 2 N–H and O–H groups in total. The topological polar surface area (TPSA) is 100 Å². The maximum Gasteiger partial charge on any atom is 0.351 e. The number of methoxy groups -OCH3 is 1. The molecule has 1 atom stereocenters. The van der Waals surface area contributed by atoms with E-state index in [4.69, 9.17) is 35.7 Å². The van der Waals surface area contributed by atoms with Crippen LogP contribution in [0, 0.1) is 12.3 Å². The van der Waals surface area contributed by atoms with Gasteiger partial charge in [0.15, 0.2) is 5.97 Å². The first kappa shape index (κ1) is 24.3. The molecule has 2 rings (SSSR count). The lowest BCUT2D eigenvalue weighted by Gasteiger charge is -2.14. The summed E-state index contributed by atoms with van der Waals surface area (Å²) in [5.74, 6) is 0.241. The van der Waals surface area contributed by atoms with Crippen molar-refractivity contribution >= 4 is 17.5 Å². The number of ether oxygens (including phenoxy) is 2. The number of benzene rings is 2. The Morgan fingerprint density at radius 1 is 1.20 bits per heavy atom. The highest BCUT2D eigenvalue weighted by atomic mass is 16.5. The Morgan fingerprint density at radius 3 is 2.43 bits per heavy atom. The van der Waals surface area contributed by atoms with Crippen LogP contribution >= 0.6 is 0 Å². The third-order valence-corrected chi connectivity index (χ3v) is 3.88. The van der Waals surface area contributed by atoms with E-state index in [1.807, 2.05) is 30.3 Å². The van der Waals surface area contributed by atoms with Gasteiger partial charge in [-0.25, -0.2) is 4.79 Å². The fraction of sp³-hybridized carbons (Fsp3) is 0.217. The minimum absolute atomic E-state index is 0.501. The molecule has 0 amide bonds. The quantitative estimate of drug-likeness (QED) is 0.477. The molecule has 158 valence electrons. The molecule has 0 saturated carbocycles. The molecule has 7 heteroatoms. The second kappa shape index (κ2) is 12.6. The number of quaternary nitrogens is 1. The highest BCUT2D eigenvalue weighted by Gasteiger charge is 2.07. The van der Waals surface area contributed by atoms with Crippen LogP contribution in [0.2, 0.25) is 0 Å². The first-order valence-corrected chi connectivity index (χ1v) is 8.99. The van der Waals surface area contributed by atoms with E-state index in [0.717, 1.165) is 34.7 Å². The minimum atomic E-state index is -2.07. The van der Waals surface area contributed by atoms with Crippen LogP contribution in [0.25, 0.3) is 5.57 Å². The molecule has 1 unspecified atom stereocenters. The normalized spacial score (nSPS) is 10.6. The number of nitrogens with one attached hydrogen (secondary N) is 1. The van der Waals surface area contributed by atoms with E-state index in [1.165, 1.54) is 4.90 Å². The van der Waals surface area contributed by atoms with E-state index < -0.39 is 11.9 Å². The van der Waals surface area contributed by atoms with Gasteiger partial charge >= 0.3 is 5.97 Å². The largest absolute Gasteiger partial charge is 0.539 e. The first-order chi connectivity index (χ1) is 14.3. The lowest BCUT2D eigenvalue weighted by molar-refractivity contribution is -0.863. The second-order valence-electron chi connectivity index (χ2n) is 6.38. The molecule has 2 aromatic rings. The van der Waals surface area contributed by atoms with Gasteiger partial charge < -0.3 is 29.4 Å². The fourth-order valence-electron chi connectivity index (χ4n) is 2.44. The van der Waals surface area contributed by atoms with E-state index in [0.29, 0.717) is 13.2 Å². The monoisotopic (exact) mass is 411 g/mol. The summed E-state index contributed by atoms with van der Waals surface area (Å²) in [6.07, 6.45) is 5.36. The van der Waals surface area contributed by atoms with Gasteiger partial charge in [-0.3, -0.25) is 0 Å². The summed E-state index contributed by atoms with van der Waals surface area (Å²) >= 11 is 0. The van der Waals surface area contributed by atoms with E-state index in [9.17, 15) is 0 Å². The van der Waals surface area contributed by atoms with Crippen LogP contribution in [0.15, 0.2) is 55.1 Å². The maximum atomic E-state index is 9.04. The van der Waals surface area contributed by atoms with Crippen molar-refractivity contribution in [3.8, 4) is 23.8 Å². The van der Waals surface area contributed by atoms with Gasteiger partial charge in [0, 0.05) is 11.6 Å². The number of rotatable bonds is 8. The van der Waals surface area contributed by atoms with Crippen molar-refractivity contribution in [3.05, 3.63) is 66.2 Å². The predicted molar refractivity (Wildman–Crippen MR) is 111 cm³/mol. The van der Waals surface area contributed by atoms with Crippen LogP contribution in [-0.2, 0) is 16.2 Å². The molecule has 0 spiro atoms. The smallest absolute Gasteiger partial charge is 0.351 e. The van der Waals surface area contributed by atoms with E-state index in [1.54, 1.807) is 7.11 Å². The van der Waals surface area contributed by atoms with Gasteiger partial charge in [0.05, 0.1) is 14.2 Å². The van der Waals surface area contributed by atoms with Gasteiger partial charge in [-0.05, 0) is 35.2 Å². The number of carboxylic acid groups (broad SMARTS) is 2. The highest BCUT2D eigenvalue weighted by Crippen LogP contribution is 2.20. The van der Waals surface area contributed by atoms with Crippen LogP contribution in [0.1, 0.15) is 11.1 Å². The highest BCUT2D eigenvalue weighted by molar-refractivity contribution is 6.26. The third-order valence-electron chi connectivity index (χ3n) is 3.88. The predicted octanol–water partition coefficient (Wildman–Crippen LogP) is 0.256. The summed E-state index contributed by atoms with van der Waals surface area (Å²) in [6, 6.07) is 15.9. The molecule has 0 bridgehead atoms. The van der Waals surface area contributed by atoms with Gasteiger partial charge in [0.1, 0.15) is 31.2 Å². The number of carbonyl (C=O) groups is 2. The number of hydrogen-bond acceptors (Lipinski definition) is 5. The van der Waals surface area contributed by atoms with Crippen LogP contribution < -0.4 is 19.5 Å². The summed E-state index contributed by atoms with van der Waals surface area (Å²) < 4.78 is 11.1. The van der Waals surface area contributed by atoms with Crippen LogP contribution in [-0.4, -0.2) is 44.3 Å². The molecule has 0 heterocycles. The average Bonchev–Trinajstić information content (AvgIpc) is 2.73. The van der Waals surface area contributed by atoms with Crippen molar-refractivity contribution in [2.75, 3.05) is 27.2 Å². The third kappa shape index (κ3) is 8.95. The number of likely N-dealkylation sites (N-methyl/N-ethyl adjacent to an activating group) is 1. The number of aliphatic carboxylic acids is 2. The van der Waals surface area contributed by atoms with Crippen molar-refractivity contribution < 1.29 is 34.2 Å². The zero-order valence-electron chi connectivity index (χ0n) is 17.0. The van der Waals surface area contributed by atoms with Crippen LogP contribution in [0.4, 0.5) is 0 Å². The molecule has 0 fully saturated rings. The second-order valence-corrected chi connectivity index (χ2v) is 6.38. The molecular formula is C23H25NO6. The lowest BCUT2D eigenvalue weighted by Crippen LogP contribution is -3.08. The van der Waals surface area contributed by atoms with Crippen molar-refractivity contribution in [3.63, 3.8) is 0 Å². The molecule has 0 aliphatic heterocycles. The SMILES string of the molecule is C#CC[NH+](C)CC(=C)c1cccc(COc2cccc(OC)c2)c1.O=C([O-])C(=O)O. The summed E-state index contributed by atoms with van der Waals surface area (Å²) in [5.41, 5.74) is 3.30. The van der Waals surface area contributed by atoms with Crippen molar-refractivity contribution in [1.29, 1.82) is 0 Å². The Morgan fingerprint density at radius 2 is 1.83 bits per heavy atom. The van der Waals surface area contributed by atoms with Crippen LogP contribution in [0.5, 0.6) is 11.5 Å². The summed E-state index contributed by atoms with van der Waals surface area (Å²) in [4.78, 5) is 19.3. The first-order valence-electron chi connectivity index (χ1n) is 8.99. The number of carboxylic acids is 2. The maximum absolute atomic E-state index is 9.04. The van der Waals surface area contributed by atoms with Crippen LogP contribution in [0.3, 0.4) is 0 Å². The van der Waals surface area contributed by atoms with E-state index in [2.05, 4.69) is 37.7 Å². The summed E-state index contributed by atoms with van der Waals surface area (Å²) in [7, 11) is 3.72. The van der Waals surface area contributed by atoms with Crippen molar-refractivity contribution in [2.24, 2.45) is 0 Å². The summed E-state index contributed by atoms with van der Waals surface area (Å²) in [6.45, 7) is 6.20. The minimum Gasteiger partial charge on any atom is -0.539 e. The summed E-state index contributed by atoms with van der Waals surface area (Å²) in [5, 5.41) is 16.3. The number of carbonyl (C=O) groups excluding carboxylic acids is 1.